The maximum atomic E-state index is 9.19. The summed E-state index contributed by atoms with van der Waals surface area (Å²) < 4.78 is 11.0. The third-order valence-corrected chi connectivity index (χ3v) is 3.16. The van der Waals surface area contributed by atoms with Crippen molar-refractivity contribution in [1.29, 1.82) is 0 Å². The smallest absolute Gasteiger partial charge is 0.169 e. The molecule has 1 spiro atoms. The van der Waals surface area contributed by atoms with Gasteiger partial charge in [-0.1, -0.05) is 0 Å². The number of rotatable bonds is 2. The van der Waals surface area contributed by atoms with Gasteiger partial charge in [0.15, 0.2) is 5.79 Å². The van der Waals surface area contributed by atoms with Gasteiger partial charge >= 0.3 is 0 Å². The van der Waals surface area contributed by atoms with E-state index in [0.717, 1.165) is 12.8 Å². The Morgan fingerprint density at radius 3 is 2.08 bits per heavy atom. The molecule has 1 aliphatic heterocycles. The molecule has 0 aromatic rings. The van der Waals surface area contributed by atoms with Gasteiger partial charge in [-0.25, -0.2) is 0 Å². The lowest BCUT2D eigenvalue weighted by atomic mass is 9.88. The van der Waals surface area contributed by atoms with Gasteiger partial charge in [-0.15, -0.1) is 0 Å². The Hall–Kier alpha value is -0.160. The predicted molar refractivity (Wildman–Crippen MR) is 45.1 cm³/mol. The zero-order valence-electron chi connectivity index (χ0n) is 7.66. The van der Waals surface area contributed by atoms with Crippen molar-refractivity contribution in [2.75, 3.05) is 26.4 Å². The number of ether oxygens (including phenoxy) is 2. The van der Waals surface area contributed by atoms with Crippen molar-refractivity contribution in [3.8, 4) is 0 Å². The first-order valence-electron chi connectivity index (χ1n) is 4.74. The molecular weight excluding hydrogens is 172 g/mol. The van der Waals surface area contributed by atoms with Gasteiger partial charge < -0.3 is 19.7 Å². The normalized spacial score (nSPS) is 30.0. The van der Waals surface area contributed by atoms with Crippen LogP contribution in [0.25, 0.3) is 0 Å². The zero-order chi connectivity index (χ0) is 9.36. The number of aliphatic hydroxyl groups is 2. The van der Waals surface area contributed by atoms with Gasteiger partial charge in [-0.05, 0) is 6.42 Å². The van der Waals surface area contributed by atoms with E-state index >= 15 is 0 Å². The van der Waals surface area contributed by atoms with E-state index in [2.05, 4.69) is 0 Å². The molecule has 1 heterocycles. The Bertz CT molecular complexity index is 178. The molecule has 0 atom stereocenters. The maximum Gasteiger partial charge on any atom is 0.169 e. The second-order valence-corrected chi connectivity index (χ2v) is 4.10. The topological polar surface area (TPSA) is 58.9 Å². The van der Waals surface area contributed by atoms with E-state index in [1.54, 1.807) is 0 Å². The van der Waals surface area contributed by atoms with Gasteiger partial charge in [0.1, 0.15) is 0 Å². The first-order valence-corrected chi connectivity index (χ1v) is 4.74. The van der Waals surface area contributed by atoms with Crippen LogP contribution in [0.3, 0.4) is 0 Å². The van der Waals surface area contributed by atoms with E-state index in [9.17, 15) is 10.2 Å². The highest BCUT2D eigenvalue weighted by atomic mass is 16.7. The minimum absolute atomic E-state index is 0.0119. The molecule has 1 saturated carbocycles. The van der Waals surface area contributed by atoms with Gasteiger partial charge in [0.25, 0.3) is 0 Å². The van der Waals surface area contributed by atoms with Gasteiger partial charge in [-0.3, -0.25) is 0 Å². The van der Waals surface area contributed by atoms with Gasteiger partial charge in [0.2, 0.25) is 0 Å². The number of aliphatic hydroxyl groups excluding tert-OH is 2. The monoisotopic (exact) mass is 188 g/mol. The van der Waals surface area contributed by atoms with E-state index in [0.29, 0.717) is 19.6 Å². The maximum absolute atomic E-state index is 9.19. The number of hydrogen-bond donors (Lipinski definition) is 2. The molecule has 0 unspecified atom stereocenters. The first-order chi connectivity index (χ1) is 6.24. The summed E-state index contributed by atoms with van der Waals surface area (Å²) in [5.41, 5.74) is -0.385. The van der Waals surface area contributed by atoms with Crippen LogP contribution < -0.4 is 0 Å². The summed E-state index contributed by atoms with van der Waals surface area (Å²) in [6.07, 6.45) is 2.18. The van der Waals surface area contributed by atoms with Crippen molar-refractivity contribution in [1.82, 2.24) is 0 Å². The molecule has 0 aromatic heterocycles. The van der Waals surface area contributed by atoms with Crippen molar-refractivity contribution in [2.45, 2.75) is 25.0 Å². The van der Waals surface area contributed by atoms with Crippen LogP contribution >= 0.6 is 0 Å². The average molecular weight is 188 g/mol. The molecule has 4 heteroatoms. The lowest BCUT2D eigenvalue weighted by Crippen LogP contribution is -2.33. The largest absolute Gasteiger partial charge is 0.396 e. The van der Waals surface area contributed by atoms with E-state index in [1.165, 1.54) is 0 Å². The molecule has 0 aromatic carbocycles. The molecule has 1 saturated heterocycles. The Kier molecular flexibility index (Phi) is 2.32. The van der Waals surface area contributed by atoms with Crippen molar-refractivity contribution in [3.63, 3.8) is 0 Å². The van der Waals surface area contributed by atoms with Crippen LogP contribution in [0.4, 0.5) is 0 Å². The molecule has 2 fully saturated rings. The quantitative estimate of drug-likeness (QED) is 0.634. The van der Waals surface area contributed by atoms with Crippen molar-refractivity contribution < 1.29 is 19.7 Å². The van der Waals surface area contributed by atoms with Crippen molar-refractivity contribution >= 4 is 0 Å². The second kappa shape index (κ2) is 3.20. The fourth-order valence-corrected chi connectivity index (χ4v) is 2.27. The molecule has 2 aliphatic rings. The molecule has 0 bridgehead atoms. The molecular formula is C9H16O4. The Balaban J connectivity index is 2.06. The van der Waals surface area contributed by atoms with Crippen molar-refractivity contribution in [2.24, 2.45) is 5.41 Å². The van der Waals surface area contributed by atoms with Crippen molar-refractivity contribution in [3.05, 3.63) is 0 Å². The summed E-state index contributed by atoms with van der Waals surface area (Å²) in [7, 11) is 0. The minimum atomic E-state index is -0.495. The van der Waals surface area contributed by atoms with Crippen LogP contribution in [0.2, 0.25) is 0 Å². The summed E-state index contributed by atoms with van der Waals surface area (Å²) in [5.74, 6) is -0.495. The highest BCUT2D eigenvalue weighted by Gasteiger charge is 2.51. The molecule has 4 nitrogen and oxygen atoms in total. The molecule has 13 heavy (non-hydrogen) atoms. The van der Waals surface area contributed by atoms with E-state index in [-0.39, 0.29) is 18.6 Å². The van der Waals surface area contributed by atoms with Crippen LogP contribution in [-0.2, 0) is 9.47 Å². The van der Waals surface area contributed by atoms with Gasteiger partial charge in [0, 0.05) is 18.3 Å². The fourth-order valence-electron chi connectivity index (χ4n) is 2.27. The molecule has 2 N–H and O–H groups in total. The molecule has 0 radical (unpaired) electrons. The number of hydrogen-bond acceptors (Lipinski definition) is 4. The van der Waals surface area contributed by atoms with Crippen LogP contribution in [0, 0.1) is 5.41 Å². The Morgan fingerprint density at radius 1 is 1.00 bits per heavy atom. The Morgan fingerprint density at radius 2 is 1.62 bits per heavy atom. The van der Waals surface area contributed by atoms with E-state index < -0.39 is 5.79 Å². The highest BCUT2D eigenvalue weighted by Crippen LogP contribution is 2.47. The molecule has 0 amide bonds. The fraction of sp³-hybridized carbons (Fsp3) is 1.00. The van der Waals surface area contributed by atoms with Crippen LogP contribution in [0.1, 0.15) is 19.3 Å². The van der Waals surface area contributed by atoms with Gasteiger partial charge in [-0.2, -0.15) is 0 Å². The SMILES string of the molecule is OCC1(CO)CCC2(C1)OCCO2. The first kappa shape index (κ1) is 9.40. The standard InChI is InChI=1S/C9H16O4/c10-6-8(7-11)1-2-9(5-8)12-3-4-13-9/h10-11H,1-7H2. The predicted octanol–water partition coefficient (Wildman–Crippen LogP) is -0.116. The molecule has 1 aliphatic carbocycles. The summed E-state index contributed by atoms with van der Waals surface area (Å²) in [4.78, 5) is 0. The van der Waals surface area contributed by atoms with Crippen LogP contribution in [-0.4, -0.2) is 42.4 Å². The second-order valence-electron chi connectivity index (χ2n) is 4.10. The summed E-state index contributed by atoms with van der Waals surface area (Å²) >= 11 is 0. The van der Waals surface area contributed by atoms with Crippen LogP contribution in [0.5, 0.6) is 0 Å². The average Bonchev–Trinajstić information content (AvgIpc) is 2.76. The Labute approximate surface area is 77.5 Å². The summed E-state index contributed by atoms with van der Waals surface area (Å²) in [5, 5.41) is 18.4. The van der Waals surface area contributed by atoms with Crippen LogP contribution in [0.15, 0.2) is 0 Å². The van der Waals surface area contributed by atoms with E-state index in [1.807, 2.05) is 0 Å². The summed E-state index contributed by atoms with van der Waals surface area (Å²) in [6, 6.07) is 0. The lowest BCUT2D eigenvalue weighted by Gasteiger charge is -2.27. The minimum Gasteiger partial charge on any atom is -0.396 e. The summed E-state index contributed by atoms with van der Waals surface area (Å²) in [6.45, 7) is 1.29. The third-order valence-electron chi connectivity index (χ3n) is 3.16. The molecule has 76 valence electrons. The molecule has 2 rings (SSSR count). The zero-order valence-corrected chi connectivity index (χ0v) is 7.66. The van der Waals surface area contributed by atoms with Gasteiger partial charge in [0.05, 0.1) is 26.4 Å². The van der Waals surface area contributed by atoms with E-state index in [4.69, 9.17) is 9.47 Å². The lowest BCUT2D eigenvalue weighted by molar-refractivity contribution is -0.160. The highest BCUT2D eigenvalue weighted by molar-refractivity contribution is 4.95. The third kappa shape index (κ3) is 1.48.